The third-order valence-electron chi connectivity index (χ3n) is 2.73. The molecule has 0 bridgehead atoms. The minimum absolute atomic E-state index is 0.0194. The van der Waals surface area contributed by atoms with Crippen molar-refractivity contribution in [2.75, 3.05) is 12.8 Å². The Labute approximate surface area is 110 Å². The lowest BCUT2D eigenvalue weighted by Gasteiger charge is -2.16. The molecule has 0 aliphatic rings. The van der Waals surface area contributed by atoms with Gasteiger partial charge < -0.3 is 10.6 Å². The summed E-state index contributed by atoms with van der Waals surface area (Å²) >= 11 is 1.67. The number of carbonyl (C=O) groups is 1. The molecule has 6 heteroatoms. The Hall–Kier alpha value is -1.82. The van der Waals surface area contributed by atoms with E-state index in [4.69, 9.17) is 5.73 Å². The van der Waals surface area contributed by atoms with Crippen molar-refractivity contribution in [3.63, 3.8) is 0 Å². The van der Waals surface area contributed by atoms with Crippen LogP contribution < -0.4 is 5.73 Å². The number of aryl methyl sites for hydroxylation is 1. The van der Waals surface area contributed by atoms with Gasteiger partial charge in [0.1, 0.15) is 6.54 Å². The first-order valence-corrected chi connectivity index (χ1v) is 6.49. The van der Waals surface area contributed by atoms with Gasteiger partial charge in [-0.3, -0.25) is 9.48 Å². The molecule has 0 atom stereocenters. The van der Waals surface area contributed by atoms with E-state index in [0.29, 0.717) is 12.2 Å². The Balaban J connectivity index is 1.95. The molecule has 2 heterocycles. The third-order valence-corrected chi connectivity index (χ3v) is 3.73. The number of amides is 1. The van der Waals surface area contributed by atoms with Crippen molar-refractivity contribution in [3.05, 3.63) is 34.3 Å². The van der Waals surface area contributed by atoms with Gasteiger partial charge in [0.05, 0.1) is 18.4 Å². The van der Waals surface area contributed by atoms with Crippen molar-refractivity contribution in [3.8, 4) is 0 Å². The zero-order valence-corrected chi connectivity index (χ0v) is 11.3. The summed E-state index contributed by atoms with van der Waals surface area (Å²) in [6, 6.07) is 2.06. The largest absolute Gasteiger partial charge is 0.396 e. The van der Waals surface area contributed by atoms with E-state index in [-0.39, 0.29) is 12.5 Å². The van der Waals surface area contributed by atoms with Gasteiger partial charge in [0, 0.05) is 18.1 Å². The molecule has 0 saturated carbocycles. The van der Waals surface area contributed by atoms with Crippen LogP contribution in [0.5, 0.6) is 0 Å². The summed E-state index contributed by atoms with van der Waals surface area (Å²) in [5, 5.41) is 6.04. The maximum absolute atomic E-state index is 12.0. The SMILES string of the molecule is Cc1ccsc1CN(C)C(=O)Cn1cc(N)cn1. The van der Waals surface area contributed by atoms with Gasteiger partial charge >= 0.3 is 0 Å². The molecule has 5 nitrogen and oxygen atoms in total. The number of anilines is 1. The molecule has 2 aromatic rings. The molecule has 2 N–H and O–H groups in total. The Kier molecular flexibility index (Phi) is 3.66. The van der Waals surface area contributed by atoms with Crippen LogP contribution in [0.2, 0.25) is 0 Å². The van der Waals surface area contributed by atoms with E-state index < -0.39 is 0 Å². The van der Waals surface area contributed by atoms with Crippen molar-refractivity contribution >= 4 is 22.9 Å². The van der Waals surface area contributed by atoms with Crippen LogP contribution in [-0.2, 0) is 17.9 Å². The minimum atomic E-state index is 0.0194. The molecule has 2 aromatic heterocycles. The number of rotatable bonds is 4. The van der Waals surface area contributed by atoms with Crippen LogP contribution in [0.1, 0.15) is 10.4 Å². The molecule has 2 rings (SSSR count). The van der Waals surface area contributed by atoms with E-state index in [1.165, 1.54) is 16.6 Å². The van der Waals surface area contributed by atoms with Gasteiger partial charge in [0.2, 0.25) is 5.91 Å². The first kappa shape index (κ1) is 12.6. The van der Waals surface area contributed by atoms with Gasteiger partial charge in [0.15, 0.2) is 0 Å². The molecule has 0 unspecified atom stereocenters. The number of aromatic nitrogens is 2. The molecule has 1 amide bonds. The average molecular weight is 264 g/mol. The lowest BCUT2D eigenvalue weighted by molar-refractivity contribution is -0.131. The topological polar surface area (TPSA) is 64.2 Å². The lowest BCUT2D eigenvalue weighted by atomic mass is 10.3. The monoisotopic (exact) mass is 264 g/mol. The fourth-order valence-electron chi connectivity index (χ4n) is 1.59. The van der Waals surface area contributed by atoms with Crippen LogP contribution in [0, 0.1) is 6.92 Å². The molecule has 0 aromatic carbocycles. The second kappa shape index (κ2) is 5.22. The molecule has 0 spiro atoms. The minimum Gasteiger partial charge on any atom is -0.396 e. The lowest BCUT2D eigenvalue weighted by Crippen LogP contribution is -2.29. The van der Waals surface area contributed by atoms with Crippen LogP contribution in [-0.4, -0.2) is 27.6 Å². The Morgan fingerprint density at radius 2 is 2.39 bits per heavy atom. The highest BCUT2D eigenvalue weighted by Crippen LogP contribution is 2.17. The zero-order valence-electron chi connectivity index (χ0n) is 10.5. The van der Waals surface area contributed by atoms with Crippen molar-refractivity contribution in [2.45, 2.75) is 20.0 Å². The number of likely N-dealkylation sites (N-methyl/N-ethyl adjacent to an activating group) is 1. The van der Waals surface area contributed by atoms with Crippen LogP contribution in [0.4, 0.5) is 5.69 Å². The molecule has 0 radical (unpaired) electrons. The quantitative estimate of drug-likeness (QED) is 0.910. The average Bonchev–Trinajstić information content (AvgIpc) is 2.89. The Bertz CT molecular complexity index is 546. The van der Waals surface area contributed by atoms with Crippen LogP contribution >= 0.6 is 11.3 Å². The molecule has 0 saturated heterocycles. The van der Waals surface area contributed by atoms with Crippen molar-refractivity contribution < 1.29 is 4.79 Å². The van der Waals surface area contributed by atoms with Gasteiger partial charge in [-0.2, -0.15) is 5.10 Å². The van der Waals surface area contributed by atoms with Gasteiger partial charge in [0.25, 0.3) is 0 Å². The first-order valence-electron chi connectivity index (χ1n) is 5.61. The molecule has 0 aliphatic heterocycles. The summed E-state index contributed by atoms with van der Waals surface area (Å²) in [6.07, 6.45) is 3.19. The van der Waals surface area contributed by atoms with Gasteiger partial charge in [-0.05, 0) is 23.9 Å². The summed E-state index contributed by atoms with van der Waals surface area (Å²) < 4.78 is 1.55. The normalized spacial score (nSPS) is 10.6. The number of nitrogens with two attached hydrogens (primary N) is 1. The van der Waals surface area contributed by atoms with Gasteiger partial charge in [-0.25, -0.2) is 0 Å². The number of hydrogen-bond donors (Lipinski definition) is 1. The standard InChI is InChI=1S/C12H16N4OS/c1-9-3-4-18-11(9)7-15(2)12(17)8-16-6-10(13)5-14-16/h3-6H,7-8,13H2,1-2H3. The van der Waals surface area contributed by atoms with Gasteiger partial charge in [-0.15, -0.1) is 11.3 Å². The molecular weight excluding hydrogens is 248 g/mol. The zero-order chi connectivity index (χ0) is 13.1. The fourth-order valence-corrected chi connectivity index (χ4v) is 2.55. The summed E-state index contributed by atoms with van der Waals surface area (Å²) in [4.78, 5) is 14.9. The highest BCUT2D eigenvalue weighted by molar-refractivity contribution is 7.10. The maximum atomic E-state index is 12.0. The van der Waals surface area contributed by atoms with E-state index in [9.17, 15) is 4.79 Å². The maximum Gasteiger partial charge on any atom is 0.244 e. The van der Waals surface area contributed by atoms with Crippen molar-refractivity contribution in [1.29, 1.82) is 0 Å². The molecule has 0 aliphatic carbocycles. The van der Waals surface area contributed by atoms with Crippen LogP contribution in [0.15, 0.2) is 23.8 Å². The predicted molar refractivity (Wildman–Crippen MR) is 72.2 cm³/mol. The summed E-state index contributed by atoms with van der Waals surface area (Å²) in [7, 11) is 1.80. The molecular formula is C12H16N4OS. The Morgan fingerprint density at radius 1 is 1.61 bits per heavy atom. The first-order chi connectivity index (χ1) is 8.56. The Morgan fingerprint density at radius 3 is 2.94 bits per heavy atom. The van der Waals surface area contributed by atoms with E-state index in [1.807, 2.05) is 5.38 Å². The van der Waals surface area contributed by atoms with E-state index in [1.54, 1.807) is 34.2 Å². The second-order valence-electron chi connectivity index (χ2n) is 4.25. The summed E-state index contributed by atoms with van der Waals surface area (Å²) in [5.41, 5.74) is 7.35. The highest BCUT2D eigenvalue weighted by atomic mass is 32.1. The van der Waals surface area contributed by atoms with E-state index in [2.05, 4.69) is 18.1 Å². The number of thiophene rings is 1. The van der Waals surface area contributed by atoms with E-state index >= 15 is 0 Å². The number of nitrogens with zero attached hydrogens (tertiary/aromatic N) is 3. The fraction of sp³-hybridized carbons (Fsp3) is 0.333. The highest BCUT2D eigenvalue weighted by Gasteiger charge is 2.12. The molecule has 96 valence electrons. The smallest absolute Gasteiger partial charge is 0.244 e. The number of hydrogen-bond acceptors (Lipinski definition) is 4. The number of nitrogen functional groups attached to an aromatic ring is 1. The number of carbonyl (C=O) groups excluding carboxylic acids is 1. The third kappa shape index (κ3) is 2.89. The second-order valence-corrected chi connectivity index (χ2v) is 5.25. The van der Waals surface area contributed by atoms with Crippen LogP contribution in [0.25, 0.3) is 0 Å². The van der Waals surface area contributed by atoms with E-state index in [0.717, 1.165) is 0 Å². The summed E-state index contributed by atoms with van der Waals surface area (Å²) in [6.45, 7) is 2.91. The van der Waals surface area contributed by atoms with Crippen molar-refractivity contribution in [2.24, 2.45) is 0 Å². The van der Waals surface area contributed by atoms with Gasteiger partial charge in [-0.1, -0.05) is 0 Å². The molecule has 0 fully saturated rings. The van der Waals surface area contributed by atoms with Crippen LogP contribution in [0.3, 0.4) is 0 Å². The summed E-state index contributed by atoms with van der Waals surface area (Å²) in [5.74, 6) is 0.0194. The molecule has 18 heavy (non-hydrogen) atoms. The predicted octanol–water partition coefficient (Wildman–Crippen LogP) is 1.49. The van der Waals surface area contributed by atoms with Crippen molar-refractivity contribution in [1.82, 2.24) is 14.7 Å².